The Balaban J connectivity index is -0.000000212. The fraction of sp³-hybridized carbons (Fsp3) is 0.579. The molecule has 90 heavy (non-hydrogen) atoms. The minimum atomic E-state index is 0.711. The monoisotopic (exact) mass is 1260 g/mol. The highest BCUT2D eigenvalue weighted by atomic mass is 15.6. The fourth-order valence-electron chi connectivity index (χ4n) is 4.57. The lowest BCUT2D eigenvalue weighted by molar-refractivity contribution is -0.677. The number of pyridine rings is 2. The predicted octanol–water partition coefficient (Wildman–Crippen LogP) is 6.18. The second kappa shape index (κ2) is 60.9. The predicted molar refractivity (Wildman–Crippen MR) is 351 cm³/mol. The Morgan fingerprint density at radius 2 is 0.833 bits per heavy atom. The first-order valence-corrected chi connectivity index (χ1v) is 29.5. The first-order valence-electron chi connectivity index (χ1n) is 29.5. The van der Waals surface area contributed by atoms with Gasteiger partial charge in [-0.1, -0.05) is 89.2 Å². The Kier molecular flexibility index (Phi) is 61.9. The smallest absolute Gasteiger partial charge is 0.177 e. The molecule has 0 atom stereocenters. The first kappa shape index (κ1) is 91.5. The lowest BCUT2D eigenvalue weighted by atomic mass is 10.3. The van der Waals surface area contributed by atoms with Crippen molar-refractivity contribution in [1.82, 2.24) is 155 Å². The molecule has 11 aromatic rings. The van der Waals surface area contributed by atoms with Crippen LogP contribution in [-0.4, -0.2) is 155 Å². The molecule has 0 bridgehead atoms. The Bertz CT molecular complexity index is 2880. The largest absolute Gasteiger partial charge is 0.323 e. The van der Waals surface area contributed by atoms with E-state index in [2.05, 4.69) is 149 Å². The van der Waals surface area contributed by atoms with Crippen LogP contribution in [0.3, 0.4) is 0 Å². The number of nitrogens with zero attached hydrogens (tertiary/aromatic N) is 33. The van der Waals surface area contributed by atoms with Gasteiger partial charge in [-0.25, -0.2) is 23.5 Å². The van der Waals surface area contributed by atoms with Crippen LogP contribution in [0.25, 0.3) is 0 Å². The summed E-state index contributed by atoms with van der Waals surface area (Å²) in [5.74, 6) is 5.01. The van der Waals surface area contributed by atoms with Crippen molar-refractivity contribution in [2.24, 2.45) is 77.5 Å². The number of tetrazole rings is 4. The maximum absolute atomic E-state index is 4.02. The SMILES string of the molecule is CC.CC.CC.CC.CC.CC.Cc1ccc[n+](C)c1.Cc1cccc[n+]1C.Cc1nn(C)nc1C.Cc1nnc(C)n1C.Cc1nnn(C)n1.Cc1nnn(C)n1.Cc1nnnn1C.Cc1nnnn1C.Cn1cncn1.Cn1cnnc1.Cn1nccn1. The maximum atomic E-state index is 4.02. The average Bonchev–Trinajstić information content (AvgIpc) is 4.61. The average molecular weight is 1260 g/mol. The fourth-order valence-corrected chi connectivity index (χ4v) is 4.57. The Hall–Kier alpha value is -9.72. The van der Waals surface area contributed by atoms with E-state index in [1.165, 1.54) is 32.0 Å². The molecule has 33 nitrogen and oxygen atoms in total. The zero-order valence-electron chi connectivity index (χ0n) is 60.8. The molecule has 0 spiro atoms. The van der Waals surface area contributed by atoms with Gasteiger partial charge in [0.25, 0.3) is 0 Å². The van der Waals surface area contributed by atoms with E-state index in [4.69, 9.17) is 0 Å². The third-order valence-electron chi connectivity index (χ3n) is 9.31. The van der Waals surface area contributed by atoms with Gasteiger partial charge in [0.2, 0.25) is 0 Å². The summed E-state index contributed by atoms with van der Waals surface area (Å²) in [7, 11) is 20.4. The van der Waals surface area contributed by atoms with Crippen LogP contribution in [0.5, 0.6) is 0 Å². The molecule has 0 fully saturated rings. The summed E-state index contributed by atoms with van der Waals surface area (Å²) in [6, 6.07) is 10.3. The number of hydrogen-bond donors (Lipinski definition) is 0. The van der Waals surface area contributed by atoms with E-state index >= 15 is 0 Å². The van der Waals surface area contributed by atoms with Gasteiger partial charge in [-0.2, -0.15) is 44.7 Å². The molecule has 0 amide bonds. The molecule has 11 rings (SSSR count). The lowest BCUT2D eigenvalue weighted by Gasteiger charge is -1.90. The van der Waals surface area contributed by atoms with Crippen LogP contribution in [0.2, 0.25) is 0 Å². The third-order valence-corrected chi connectivity index (χ3v) is 9.31. The van der Waals surface area contributed by atoms with Crippen LogP contribution < -0.4 is 9.13 Å². The lowest BCUT2D eigenvalue weighted by Crippen LogP contribution is -2.30. The van der Waals surface area contributed by atoms with Crippen molar-refractivity contribution < 1.29 is 9.13 Å². The molecule has 33 heteroatoms. The summed E-state index contributed by atoms with van der Waals surface area (Å²) in [5, 5.41) is 77.1. The van der Waals surface area contributed by atoms with Crippen molar-refractivity contribution in [3.05, 3.63) is 144 Å². The van der Waals surface area contributed by atoms with E-state index in [-0.39, 0.29) is 0 Å². The Morgan fingerprint density at radius 1 is 0.400 bits per heavy atom. The molecule has 0 radical (unpaired) electrons. The van der Waals surface area contributed by atoms with E-state index in [1.54, 1.807) is 104 Å². The van der Waals surface area contributed by atoms with Gasteiger partial charge in [-0.05, 0) is 99.7 Å². The Morgan fingerprint density at radius 3 is 0.978 bits per heavy atom. The molecule has 504 valence electrons. The van der Waals surface area contributed by atoms with Crippen molar-refractivity contribution in [3.8, 4) is 0 Å². The molecule has 11 heterocycles. The first-order chi connectivity index (χ1) is 42.9. The molecule has 0 N–H and O–H groups in total. The van der Waals surface area contributed by atoms with Gasteiger partial charge in [0.15, 0.2) is 35.9 Å². The van der Waals surface area contributed by atoms with Crippen LogP contribution in [0.4, 0.5) is 0 Å². The van der Waals surface area contributed by atoms with Gasteiger partial charge in [-0.3, -0.25) is 4.68 Å². The minimum Gasteiger partial charge on any atom is -0.323 e. The summed E-state index contributed by atoms with van der Waals surface area (Å²) >= 11 is 0. The number of aryl methyl sites for hydroxylation is 20. The summed E-state index contributed by atoms with van der Waals surface area (Å²) in [5.41, 5.74) is 4.60. The van der Waals surface area contributed by atoms with E-state index in [0.29, 0.717) is 11.6 Å². The maximum Gasteiger partial charge on any atom is 0.177 e. The molecule has 11 aromatic heterocycles. The highest BCUT2D eigenvalue weighted by Gasteiger charge is 1.97. The standard InChI is InChI=1S/2C7H10N.2C5H9N3.4C3H6N4.3C3H5N3.6C2H6/c1-7-4-3-5-8(2)6-7;1-7-5-3-4-6-8(7)2;1-4-6-7-5(2)8(4)3;1-4-5(2)7-8(3)6-4;2*1-3-4-5-6-7(3)2;2*1-3-4-6-7(2)5-3;1-6-2-4-5-3-6;1-6-3-4-2-5-6;1-6-4-2-3-5-6;6*1-2/h2*3-6H,1-2H3;2*1-3H3;4*1-2H3;3*2-3H,1H3;6*1-2H3/q2*+1;;;;;;;;;;;;;;;. The minimum absolute atomic E-state index is 0.711. The summed E-state index contributed by atoms with van der Waals surface area (Å²) in [6.45, 7) is 43.2. The Labute approximate surface area is 536 Å². The van der Waals surface area contributed by atoms with Gasteiger partial charge >= 0.3 is 0 Å². The third kappa shape index (κ3) is 51.5. The van der Waals surface area contributed by atoms with Crippen LogP contribution in [-0.2, 0) is 77.5 Å². The van der Waals surface area contributed by atoms with Crippen LogP contribution >= 0.6 is 0 Å². The molecule has 0 unspecified atom stereocenters. The molecular weight excluding hydrogens is 1150 g/mol. The van der Waals surface area contributed by atoms with Gasteiger partial charge in [0.05, 0.1) is 37.9 Å². The highest BCUT2D eigenvalue weighted by molar-refractivity contribution is 5.02. The molecule has 0 saturated carbocycles. The van der Waals surface area contributed by atoms with Crippen LogP contribution in [0.15, 0.2) is 86.6 Å². The van der Waals surface area contributed by atoms with Gasteiger partial charge < -0.3 is 9.13 Å². The topological polar surface area (TPSA) is 336 Å². The number of rotatable bonds is 0. The van der Waals surface area contributed by atoms with Crippen molar-refractivity contribution in [1.29, 1.82) is 0 Å². The van der Waals surface area contributed by atoms with Crippen LogP contribution in [0.1, 0.15) is 141 Å². The number of hydrogen-bond acceptors (Lipinski definition) is 22. The summed E-state index contributed by atoms with van der Waals surface area (Å²) in [6.07, 6.45) is 15.8. The molecule has 0 aliphatic rings. The second-order valence-corrected chi connectivity index (χ2v) is 16.3. The van der Waals surface area contributed by atoms with E-state index in [1.807, 2.05) is 207 Å². The highest BCUT2D eigenvalue weighted by Crippen LogP contribution is 1.95. The van der Waals surface area contributed by atoms with Crippen molar-refractivity contribution in [2.75, 3.05) is 0 Å². The quantitative estimate of drug-likeness (QED) is 0.153. The zero-order chi connectivity index (χ0) is 70.6. The van der Waals surface area contributed by atoms with E-state index < -0.39 is 0 Å². The van der Waals surface area contributed by atoms with Crippen molar-refractivity contribution >= 4 is 0 Å². The van der Waals surface area contributed by atoms with Gasteiger partial charge in [0, 0.05) is 80.0 Å². The van der Waals surface area contributed by atoms with Gasteiger partial charge in [0.1, 0.15) is 62.7 Å². The van der Waals surface area contributed by atoms with Crippen molar-refractivity contribution in [3.63, 3.8) is 0 Å². The molecule has 0 aliphatic heterocycles. The number of aromatic nitrogens is 33. The van der Waals surface area contributed by atoms with Crippen LogP contribution in [0, 0.1) is 69.2 Å². The molecule has 0 aliphatic carbocycles. The van der Waals surface area contributed by atoms with Gasteiger partial charge in [-0.15, -0.1) is 51.0 Å². The van der Waals surface area contributed by atoms with E-state index in [9.17, 15) is 0 Å². The zero-order valence-corrected chi connectivity index (χ0v) is 60.8. The molecule has 0 saturated heterocycles. The second-order valence-electron chi connectivity index (χ2n) is 16.3. The summed E-state index contributed by atoms with van der Waals surface area (Å²) < 4.78 is 12.7. The van der Waals surface area contributed by atoms with E-state index in [0.717, 1.165) is 34.7 Å². The molecular formula is C57H113N33+2. The normalized spacial score (nSPS) is 8.50. The molecule has 0 aromatic carbocycles. The summed E-state index contributed by atoms with van der Waals surface area (Å²) in [4.78, 5) is 9.60. The van der Waals surface area contributed by atoms with Crippen molar-refractivity contribution in [2.45, 2.75) is 152 Å².